The molecule has 0 saturated carbocycles. The molecule has 3 nitrogen and oxygen atoms in total. The molecule has 3 rings (SSSR count). The summed E-state index contributed by atoms with van der Waals surface area (Å²) in [6.07, 6.45) is 9.42. The zero-order valence-electron chi connectivity index (χ0n) is 11.1. The molecule has 100 valence electrons. The minimum absolute atomic E-state index is 0.125. The molecule has 1 heterocycles. The molecule has 1 aliphatic carbocycles. The summed E-state index contributed by atoms with van der Waals surface area (Å²) < 4.78 is 0. The number of benzene rings is 1. The highest BCUT2D eigenvalue weighted by Crippen LogP contribution is 2.26. The van der Waals surface area contributed by atoms with Gasteiger partial charge in [-0.25, -0.2) is 0 Å². The van der Waals surface area contributed by atoms with Gasteiger partial charge in [-0.2, -0.15) is 0 Å². The summed E-state index contributed by atoms with van der Waals surface area (Å²) in [4.78, 5) is 12.0. The van der Waals surface area contributed by atoms with Gasteiger partial charge < -0.3 is 10.6 Å². The molecule has 0 bridgehead atoms. The molecule has 2 N–H and O–H groups in total. The van der Waals surface area contributed by atoms with Crippen LogP contribution >= 0.6 is 0 Å². The largest absolute Gasteiger partial charge is 0.385 e. The second kappa shape index (κ2) is 5.47. The molecule has 3 heteroatoms. The number of rotatable bonds is 3. The van der Waals surface area contributed by atoms with E-state index in [2.05, 4.69) is 34.9 Å². The fourth-order valence-electron chi connectivity index (χ4n) is 2.87. The van der Waals surface area contributed by atoms with Crippen LogP contribution in [0.2, 0.25) is 0 Å². The maximum absolute atomic E-state index is 12.0. The molecule has 0 fully saturated rings. The Hall–Kier alpha value is -1.77. The van der Waals surface area contributed by atoms with Crippen molar-refractivity contribution in [2.45, 2.75) is 32.1 Å². The SMILES string of the molecule is O=C(CC1C=CCC1)Nc1ccc2c(c1)CCCN2. The van der Waals surface area contributed by atoms with Gasteiger partial charge in [0, 0.05) is 24.3 Å². The van der Waals surface area contributed by atoms with Crippen LogP contribution in [0.4, 0.5) is 11.4 Å². The van der Waals surface area contributed by atoms with Crippen molar-refractivity contribution in [3.05, 3.63) is 35.9 Å². The molecule has 0 radical (unpaired) electrons. The molecule has 19 heavy (non-hydrogen) atoms. The van der Waals surface area contributed by atoms with Crippen LogP contribution in [0.5, 0.6) is 0 Å². The molecule has 1 aliphatic heterocycles. The predicted octanol–water partition coefficient (Wildman–Crippen LogP) is 3.34. The van der Waals surface area contributed by atoms with Crippen LogP contribution in [0.1, 0.15) is 31.2 Å². The van der Waals surface area contributed by atoms with Gasteiger partial charge in [0.1, 0.15) is 0 Å². The number of hydrogen-bond acceptors (Lipinski definition) is 2. The van der Waals surface area contributed by atoms with Crippen molar-refractivity contribution in [1.29, 1.82) is 0 Å². The molecule has 1 amide bonds. The standard InChI is InChI=1S/C16H20N2O/c19-16(10-12-4-1-2-5-12)18-14-7-8-15-13(11-14)6-3-9-17-15/h1,4,7-8,11-12,17H,2-3,5-6,9-10H2,(H,18,19). The first-order valence-corrected chi connectivity index (χ1v) is 7.14. The molecule has 0 aromatic heterocycles. The number of allylic oxidation sites excluding steroid dienone is 2. The number of amides is 1. The highest BCUT2D eigenvalue weighted by molar-refractivity contribution is 5.91. The van der Waals surface area contributed by atoms with E-state index in [-0.39, 0.29) is 5.91 Å². The topological polar surface area (TPSA) is 41.1 Å². The minimum atomic E-state index is 0.125. The molecular formula is C16H20N2O. The maximum atomic E-state index is 12.0. The minimum Gasteiger partial charge on any atom is -0.385 e. The molecule has 2 aliphatic rings. The smallest absolute Gasteiger partial charge is 0.224 e. The van der Waals surface area contributed by atoms with E-state index in [9.17, 15) is 4.79 Å². The monoisotopic (exact) mass is 256 g/mol. The van der Waals surface area contributed by atoms with Crippen molar-refractivity contribution in [2.24, 2.45) is 5.92 Å². The number of carbonyl (C=O) groups excluding carboxylic acids is 1. The van der Waals surface area contributed by atoms with Crippen molar-refractivity contribution >= 4 is 17.3 Å². The van der Waals surface area contributed by atoms with Gasteiger partial charge in [-0.05, 0) is 55.4 Å². The van der Waals surface area contributed by atoms with Crippen LogP contribution in [0.3, 0.4) is 0 Å². The van der Waals surface area contributed by atoms with E-state index in [1.807, 2.05) is 6.07 Å². The highest BCUT2D eigenvalue weighted by Gasteiger charge is 2.15. The van der Waals surface area contributed by atoms with Gasteiger partial charge in [0.2, 0.25) is 5.91 Å². The number of anilines is 2. The molecule has 1 aromatic carbocycles. The van der Waals surface area contributed by atoms with E-state index >= 15 is 0 Å². The lowest BCUT2D eigenvalue weighted by atomic mass is 10.0. The zero-order chi connectivity index (χ0) is 13.1. The van der Waals surface area contributed by atoms with Crippen LogP contribution in [0, 0.1) is 5.92 Å². The Bertz CT molecular complexity index is 507. The van der Waals surface area contributed by atoms with Crippen molar-refractivity contribution in [3.8, 4) is 0 Å². The lowest BCUT2D eigenvalue weighted by Crippen LogP contribution is -2.16. The van der Waals surface area contributed by atoms with Gasteiger partial charge in [0.15, 0.2) is 0 Å². The number of hydrogen-bond donors (Lipinski definition) is 2. The Morgan fingerprint density at radius 3 is 3.21 bits per heavy atom. The number of nitrogens with one attached hydrogen (secondary N) is 2. The molecular weight excluding hydrogens is 236 g/mol. The lowest BCUT2D eigenvalue weighted by Gasteiger charge is -2.19. The Balaban J connectivity index is 1.62. The van der Waals surface area contributed by atoms with Gasteiger partial charge in [0.05, 0.1) is 0 Å². The molecule has 0 saturated heterocycles. The zero-order valence-corrected chi connectivity index (χ0v) is 11.1. The molecule has 0 spiro atoms. The van der Waals surface area contributed by atoms with Crippen molar-refractivity contribution in [3.63, 3.8) is 0 Å². The van der Waals surface area contributed by atoms with Crippen LogP contribution in [-0.4, -0.2) is 12.5 Å². The van der Waals surface area contributed by atoms with Gasteiger partial charge >= 0.3 is 0 Å². The first-order valence-electron chi connectivity index (χ1n) is 7.14. The first kappa shape index (κ1) is 12.3. The normalized spacial score (nSPS) is 20.7. The second-order valence-corrected chi connectivity index (χ2v) is 5.42. The van der Waals surface area contributed by atoms with Crippen LogP contribution in [0.15, 0.2) is 30.4 Å². The van der Waals surface area contributed by atoms with Crippen LogP contribution < -0.4 is 10.6 Å². The van der Waals surface area contributed by atoms with Gasteiger partial charge in [-0.3, -0.25) is 4.79 Å². The number of carbonyl (C=O) groups is 1. The summed E-state index contributed by atoms with van der Waals surface area (Å²) in [5, 5.41) is 6.40. The summed E-state index contributed by atoms with van der Waals surface area (Å²) >= 11 is 0. The average molecular weight is 256 g/mol. The highest BCUT2D eigenvalue weighted by atomic mass is 16.1. The summed E-state index contributed by atoms with van der Waals surface area (Å²) in [5.74, 6) is 0.555. The fourth-order valence-corrected chi connectivity index (χ4v) is 2.87. The van der Waals surface area contributed by atoms with E-state index in [0.29, 0.717) is 12.3 Å². The molecule has 1 atom stereocenters. The molecule has 1 aromatic rings. The quantitative estimate of drug-likeness (QED) is 0.814. The van der Waals surface area contributed by atoms with E-state index in [1.165, 1.54) is 11.3 Å². The third-order valence-electron chi connectivity index (χ3n) is 3.89. The van der Waals surface area contributed by atoms with Crippen LogP contribution in [-0.2, 0) is 11.2 Å². The second-order valence-electron chi connectivity index (χ2n) is 5.42. The van der Waals surface area contributed by atoms with E-state index in [4.69, 9.17) is 0 Å². The summed E-state index contributed by atoms with van der Waals surface area (Å²) in [7, 11) is 0. The van der Waals surface area contributed by atoms with Crippen LogP contribution in [0.25, 0.3) is 0 Å². The number of fused-ring (bicyclic) bond motifs is 1. The predicted molar refractivity (Wildman–Crippen MR) is 78.4 cm³/mol. The van der Waals surface area contributed by atoms with E-state index in [0.717, 1.165) is 37.9 Å². The Kier molecular flexibility index (Phi) is 3.53. The first-order chi connectivity index (χ1) is 9.31. The van der Waals surface area contributed by atoms with E-state index in [1.54, 1.807) is 0 Å². The average Bonchev–Trinajstić information content (AvgIpc) is 2.91. The summed E-state index contributed by atoms with van der Waals surface area (Å²) in [6, 6.07) is 6.16. The number of aryl methyl sites for hydroxylation is 1. The third-order valence-corrected chi connectivity index (χ3v) is 3.89. The Morgan fingerprint density at radius 1 is 1.42 bits per heavy atom. The van der Waals surface area contributed by atoms with E-state index < -0.39 is 0 Å². The summed E-state index contributed by atoms with van der Waals surface area (Å²) in [5.41, 5.74) is 3.45. The van der Waals surface area contributed by atoms with Gasteiger partial charge in [-0.15, -0.1) is 0 Å². The van der Waals surface area contributed by atoms with Crippen molar-refractivity contribution < 1.29 is 4.79 Å². The maximum Gasteiger partial charge on any atom is 0.224 e. The Labute approximate surface area is 114 Å². The Morgan fingerprint density at radius 2 is 2.37 bits per heavy atom. The van der Waals surface area contributed by atoms with Crippen molar-refractivity contribution in [1.82, 2.24) is 0 Å². The molecule has 1 unspecified atom stereocenters. The van der Waals surface area contributed by atoms with Gasteiger partial charge in [0.25, 0.3) is 0 Å². The fraction of sp³-hybridized carbons (Fsp3) is 0.438. The van der Waals surface area contributed by atoms with Gasteiger partial charge in [-0.1, -0.05) is 12.2 Å². The summed E-state index contributed by atoms with van der Waals surface area (Å²) in [6.45, 7) is 1.05. The third kappa shape index (κ3) is 2.98. The lowest BCUT2D eigenvalue weighted by molar-refractivity contribution is -0.116. The van der Waals surface area contributed by atoms with Crippen molar-refractivity contribution in [2.75, 3.05) is 17.2 Å².